The van der Waals surface area contributed by atoms with Crippen LogP contribution in [0.4, 0.5) is 14.5 Å². The number of methoxy groups -OCH3 is 1. The number of hydrogen-bond donors (Lipinski definition) is 0. The fraction of sp³-hybridized carbons (Fsp3) is 0.424. The molecule has 0 bridgehead atoms. The number of amides is 1. The lowest BCUT2D eigenvalue weighted by molar-refractivity contribution is -0.0512. The zero-order valence-electron chi connectivity index (χ0n) is 23.1. The average molecular weight is 549 g/mol. The second-order valence-corrected chi connectivity index (χ2v) is 10.9. The normalized spacial score (nSPS) is 18.1. The van der Waals surface area contributed by atoms with Gasteiger partial charge in [-0.1, -0.05) is 61.7 Å². The Morgan fingerprint density at radius 2 is 1.68 bits per heavy atom. The van der Waals surface area contributed by atoms with E-state index in [4.69, 9.17) is 4.74 Å². The first-order valence-corrected chi connectivity index (χ1v) is 14.4. The molecule has 0 aromatic heterocycles. The molecule has 1 unspecified atom stereocenters. The molecule has 40 heavy (non-hydrogen) atoms. The summed E-state index contributed by atoms with van der Waals surface area (Å²) >= 11 is 0. The standard InChI is InChI=1S/C33H38F2N2O3/c1-39-31-21-27(17-18-30(31)40-33(34)35)32(38)37(28-15-8-14-26(20-28)25-12-6-3-7-13-25)23-29-16-9-19-36(29)22-24-10-4-2-5-11-24/h3,6-8,12-15,17-18,20-21,24,29,33H,2,4-5,9-11,16,19,22-23H2,1H3. The number of ether oxygens (including phenoxy) is 2. The van der Waals surface area contributed by atoms with Gasteiger partial charge in [-0.3, -0.25) is 9.69 Å². The number of anilines is 1. The van der Waals surface area contributed by atoms with Gasteiger partial charge in [0.15, 0.2) is 11.5 Å². The van der Waals surface area contributed by atoms with Gasteiger partial charge in [0, 0.05) is 30.4 Å². The van der Waals surface area contributed by atoms with Crippen LogP contribution in [0.25, 0.3) is 11.1 Å². The zero-order chi connectivity index (χ0) is 27.9. The van der Waals surface area contributed by atoms with Gasteiger partial charge in [0.05, 0.1) is 7.11 Å². The molecule has 3 aromatic rings. The summed E-state index contributed by atoms with van der Waals surface area (Å²) in [7, 11) is 1.38. The number of nitrogens with zero attached hydrogens (tertiary/aromatic N) is 2. The minimum absolute atomic E-state index is 0.0962. The average Bonchev–Trinajstić information content (AvgIpc) is 3.42. The van der Waals surface area contributed by atoms with Crippen LogP contribution in [0.5, 0.6) is 11.5 Å². The van der Waals surface area contributed by atoms with Crippen LogP contribution >= 0.6 is 0 Å². The number of halogens is 2. The van der Waals surface area contributed by atoms with Gasteiger partial charge in [-0.05, 0) is 79.6 Å². The van der Waals surface area contributed by atoms with Crippen LogP contribution in [-0.2, 0) is 0 Å². The lowest BCUT2D eigenvalue weighted by Crippen LogP contribution is -2.45. The van der Waals surface area contributed by atoms with Crippen molar-refractivity contribution in [2.75, 3.05) is 31.6 Å². The number of likely N-dealkylation sites (tertiary alicyclic amines) is 1. The molecule has 2 aliphatic rings. The minimum Gasteiger partial charge on any atom is -0.493 e. The van der Waals surface area contributed by atoms with Crippen LogP contribution in [0, 0.1) is 5.92 Å². The summed E-state index contributed by atoms with van der Waals surface area (Å²) < 4.78 is 35.7. The lowest BCUT2D eigenvalue weighted by atomic mass is 9.89. The van der Waals surface area contributed by atoms with Crippen molar-refractivity contribution in [2.45, 2.75) is 57.6 Å². The highest BCUT2D eigenvalue weighted by Gasteiger charge is 2.31. The molecular weight excluding hydrogens is 510 g/mol. The molecule has 212 valence electrons. The Balaban J connectivity index is 1.45. The number of carbonyl (C=O) groups is 1. The van der Waals surface area contributed by atoms with Gasteiger partial charge in [0.2, 0.25) is 0 Å². The molecule has 5 rings (SSSR count). The minimum atomic E-state index is -2.98. The maximum atomic E-state index is 14.1. The molecule has 1 aliphatic heterocycles. The van der Waals surface area contributed by atoms with E-state index in [0.717, 1.165) is 48.7 Å². The molecule has 0 radical (unpaired) electrons. The van der Waals surface area contributed by atoms with E-state index in [0.29, 0.717) is 12.1 Å². The molecular formula is C33H38F2N2O3. The van der Waals surface area contributed by atoms with Crippen molar-refractivity contribution in [1.29, 1.82) is 0 Å². The van der Waals surface area contributed by atoms with Crippen LogP contribution in [-0.4, -0.2) is 50.2 Å². The van der Waals surface area contributed by atoms with Gasteiger partial charge in [-0.25, -0.2) is 0 Å². The smallest absolute Gasteiger partial charge is 0.387 e. The molecule has 1 aliphatic carbocycles. The summed E-state index contributed by atoms with van der Waals surface area (Å²) in [5, 5.41) is 0. The Bertz CT molecular complexity index is 1260. The Morgan fingerprint density at radius 3 is 2.42 bits per heavy atom. The number of hydrogen-bond acceptors (Lipinski definition) is 4. The molecule has 2 fully saturated rings. The van der Waals surface area contributed by atoms with E-state index in [1.807, 2.05) is 41.3 Å². The van der Waals surface area contributed by atoms with E-state index in [1.165, 1.54) is 57.4 Å². The van der Waals surface area contributed by atoms with Gasteiger partial charge in [0.25, 0.3) is 5.91 Å². The summed E-state index contributed by atoms with van der Waals surface area (Å²) in [4.78, 5) is 18.6. The monoisotopic (exact) mass is 548 g/mol. The maximum Gasteiger partial charge on any atom is 0.387 e. The molecule has 0 N–H and O–H groups in total. The van der Waals surface area contributed by atoms with E-state index < -0.39 is 6.61 Å². The van der Waals surface area contributed by atoms with Gasteiger partial charge in [-0.15, -0.1) is 0 Å². The summed E-state index contributed by atoms with van der Waals surface area (Å²) in [5.41, 5.74) is 3.27. The van der Waals surface area contributed by atoms with Crippen molar-refractivity contribution < 1.29 is 23.0 Å². The van der Waals surface area contributed by atoms with E-state index >= 15 is 0 Å². The summed E-state index contributed by atoms with van der Waals surface area (Å²) in [6.07, 6.45) is 8.71. The number of alkyl halides is 2. The molecule has 1 saturated heterocycles. The molecule has 1 heterocycles. The second kappa shape index (κ2) is 13.3. The third kappa shape index (κ3) is 6.81. The zero-order valence-corrected chi connectivity index (χ0v) is 23.1. The Morgan fingerprint density at radius 1 is 0.900 bits per heavy atom. The van der Waals surface area contributed by atoms with Crippen molar-refractivity contribution in [1.82, 2.24) is 4.90 Å². The number of carbonyl (C=O) groups excluding carboxylic acids is 1. The second-order valence-electron chi connectivity index (χ2n) is 10.9. The summed E-state index contributed by atoms with van der Waals surface area (Å²) in [5.74, 6) is 0.535. The van der Waals surface area contributed by atoms with Gasteiger partial charge < -0.3 is 14.4 Å². The van der Waals surface area contributed by atoms with Crippen molar-refractivity contribution in [3.63, 3.8) is 0 Å². The van der Waals surface area contributed by atoms with E-state index in [1.54, 1.807) is 0 Å². The van der Waals surface area contributed by atoms with E-state index in [9.17, 15) is 13.6 Å². The predicted molar refractivity (Wildman–Crippen MR) is 154 cm³/mol. The predicted octanol–water partition coefficient (Wildman–Crippen LogP) is 7.66. The molecule has 7 heteroatoms. The first kappa shape index (κ1) is 28.1. The van der Waals surface area contributed by atoms with Crippen molar-refractivity contribution in [3.05, 3.63) is 78.4 Å². The first-order valence-electron chi connectivity index (χ1n) is 14.4. The molecule has 0 spiro atoms. The Labute approximate surface area is 235 Å². The van der Waals surface area contributed by atoms with Crippen molar-refractivity contribution in [2.24, 2.45) is 5.92 Å². The fourth-order valence-corrected chi connectivity index (χ4v) is 6.19. The van der Waals surface area contributed by atoms with Crippen LogP contribution in [0.15, 0.2) is 72.8 Å². The third-order valence-electron chi connectivity index (χ3n) is 8.25. The van der Waals surface area contributed by atoms with Gasteiger partial charge in [0.1, 0.15) is 0 Å². The van der Waals surface area contributed by atoms with Crippen molar-refractivity contribution in [3.8, 4) is 22.6 Å². The fourth-order valence-electron chi connectivity index (χ4n) is 6.19. The van der Waals surface area contributed by atoms with E-state index in [2.05, 4.69) is 27.8 Å². The quantitative estimate of drug-likeness (QED) is 0.261. The number of benzene rings is 3. The third-order valence-corrected chi connectivity index (χ3v) is 8.25. The highest BCUT2D eigenvalue weighted by atomic mass is 19.3. The summed E-state index contributed by atoms with van der Waals surface area (Å²) in [6, 6.07) is 22.8. The van der Waals surface area contributed by atoms with Crippen LogP contribution in [0.2, 0.25) is 0 Å². The molecule has 1 atom stereocenters. The van der Waals surface area contributed by atoms with Crippen LogP contribution in [0.3, 0.4) is 0 Å². The SMILES string of the molecule is COc1cc(C(=O)N(CC2CCCN2CC2CCCCC2)c2cccc(-c3ccccc3)c2)ccc1OC(F)F. The molecule has 3 aromatic carbocycles. The first-order chi connectivity index (χ1) is 19.5. The van der Waals surface area contributed by atoms with Crippen LogP contribution < -0.4 is 14.4 Å². The lowest BCUT2D eigenvalue weighted by Gasteiger charge is -2.34. The molecule has 5 nitrogen and oxygen atoms in total. The molecule has 1 saturated carbocycles. The van der Waals surface area contributed by atoms with Gasteiger partial charge in [-0.2, -0.15) is 8.78 Å². The number of rotatable bonds is 10. The highest BCUT2D eigenvalue weighted by molar-refractivity contribution is 6.06. The maximum absolute atomic E-state index is 14.1. The Kier molecular flexibility index (Phi) is 9.32. The topological polar surface area (TPSA) is 42.0 Å². The van der Waals surface area contributed by atoms with E-state index in [-0.39, 0.29) is 23.4 Å². The van der Waals surface area contributed by atoms with Crippen LogP contribution in [0.1, 0.15) is 55.3 Å². The largest absolute Gasteiger partial charge is 0.493 e. The van der Waals surface area contributed by atoms with Crippen molar-refractivity contribution >= 4 is 11.6 Å². The molecule has 1 amide bonds. The Hall–Kier alpha value is -3.45. The van der Waals surface area contributed by atoms with Gasteiger partial charge >= 0.3 is 6.61 Å². The highest BCUT2D eigenvalue weighted by Crippen LogP contribution is 2.33. The summed E-state index contributed by atoms with van der Waals surface area (Å²) in [6.45, 7) is -0.281.